The number of benzene rings is 1. The van der Waals surface area contributed by atoms with Gasteiger partial charge in [-0.15, -0.1) is 0 Å². The molecule has 0 fully saturated rings. The topological polar surface area (TPSA) is 21.3 Å². The van der Waals surface area contributed by atoms with Crippen LogP contribution in [0.2, 0.25) is 0 Å². The van der Waals surface area contributed by atoms with Gasteiger partial charge in [0.25, 0.3) is 0 Å². The first-order valence-corrected chi connectivity index (χ1v) is 6.23. The van der Waals surface area contributed by atoms with Crippen molar-refractivity contribution in [3.63, 3.8) is 0 Å². The fourth-order valence-electron chi connectivity index (χ4n) is 2.42. The molecule has 1 aliphatic carbocycles. The van der Waals surface area contributed by atoms with E-state index in [1.54, 1.807) is 0 Å². The van der Waals surface area contributed by atoms with E-state index in [1.165, 1.54) is 24.0 Å². The van der Waals surface area contributed by atoms with Crippen LogP contribution >= 0.6 is 0 Å². The second-order valence-corrected chi connectivity index (χ2v) is 4.52. The van der Waals surface area contributed by atoms with Gasteiger partial charge in [0.15, 0.2) is 0 Å². The van der Waals surface area contributed by atoms with E-state index in [2.05, 4.69) is 36.5 Å². The maximum absolute atomic E-state index is 5.43. The van der Waals surface area contributed by atoms with Gasteiger partial charge < -0.3 is 10.1 Å². The van der Waals surface area contributed by atoms with E-state index in [4.69, 9.17) is 4.74 Å². The smallest absolute Gasteiger partial charge is 0.0616 e. The zero-order chi connectivity index (χ0) is 11.4. The van der Waals surface area contributed by atoms with Gasteiger partial charge in [0, 0.05) is 18.7 Å². The summed E-state index contributed by atoms with van der Waals surface area (Å²) in [6.45, 7) is 5.83. The van der Waals surface area contributed by atoms with Gasteiger partial charge in [0.05, 0.1) is 6.61 Å². The molecule has 1 aromatic carbocycles. The zero-order valence-corrected chi connectivity index (χ0v) is 10.2. The number of nitrogens with one attached hydrogen (secondary N) is 1. The van der Waals surface area contributed by atoms with Gasteiger partial charge in [-0.1, -0.05) is 24.3 Å². The van der Waals surface area contributed by atoms with E-state index in [-0.39, 0.29) is 0 Å². The molecule has 0 heterocycles. The van der Waals surface area contributed by atoms with E-state index in [9.17, 15) is 0 Å². The molecule has 2 rings (SSSR count). The third-order valence-corrected chi connectivity index (χ3v) is 3.19. The normalized spacial score (nSPS) is 20.8. The molecule has 0 aliphatic heterocycles. The van der Waals surface area contributed by atoms with Crippen LogP contribution in [0.15, 0.2) is 24.3 Å². The summed E-state index contributed by atoms with van der Waals surface area (Å²) in [5.74, 6) is 0. The van der Waals surface area contributed by atoms with Crippen molar-refractivity contribution in [3.8, 4) is 0 Å². The molecule has 2 atom stereocenters. The second kappa shape index (κ2) is 5.46. The summed E-state index contributed by atoms with van der Waals surface area (Å²) in [5.41, 5.74) is 2.98. The highest BCUT2D eigenvalue weighted by Gasteiger charge is 2.22. The molecule has 2 heteroatoms. The summed E-state index contributed by atoms with van der Waals surface area (Å²) in [5, 5.41) is 3.64. The van der Waals surface area contributed by atoms with Crippen LogP contribution in [0, 0.1) is 0 Å². The molecule has 0 bridgehead atoms. The fraction of sp³-hybridized carbons (Fsp3) is 0.571. The first-order chi connectivity index (χ1) is 7.81. The van der Waals surface area contributed by atoms with Crippen LogP contribution < -0.4 is 5.32 Å². The van der Waals surface area contributed by atoms with E-state index < -0.39 is 0 Å². The van der Waals surface area contributed by atoms with E-state index in [0.717, 1.165) is 13.2 Å². The number of rotatable bonds is 5. The Balaban J connectivity index is 1.92. The van der Waals surface area contributed by atoms with E-state index in [1.807, 2.05) is 6.92 Å². The quantitative estimate of drug-likeness (QED) is 0.822. The number of fused-ring (bicyclic) bond motifs is 1. The summed E-state index contributed by atoms with van der Waals surface area (Å²) in [6.07, 6.45) is 2.42. The van der Waals surface area contributed by atoms with Gasteiger partial charge >= 0.3 is 0 Å². The maximum Gasteiger partial charge on any atom is 0.0616 e. The standard InChI is InChI=1S/C14H21NO/c1-3-16-10-11(2)15-14-9-8-12-6-4-5-7-13(12)14/h4-7,11,14-15H,3,8-10H2,1-2H3. The molecule has 2 nitrogen and oxygen atoms in total. The number of aryl methyl sites for hydroxylation is 1. The Morgan fingerprint density at radius 2 is 2.25 bits per heavy atom. The highest BCUT2D eigenvalue weighted by Crippen LogP contribution is 2.30. The molecule has 0 saturated carbocycles. The molecule has 0 radical (unpaired) electrons. The van der Waals surface area contributed by atoms with Gasteiger partial charge in [-0.25, -0.2) is 0 Å². The second-order valence-electron chi connectivity index (χ2n) is 4.52. The van der Waals surface area contributed by atoms with Crippen molar-refractivity contribution >= 4 is 0 Å². The number of ether oxygens (including phenoxy) is 1. The molecule has 1 aliphatic rings. The molecule has 88 valence electrons. The minimum atomic E-state index is 0.427. The lowest BCUT2D eigenvalue weighted by Gasteiger charge is -2.20. The predicted octanol–water partition coefficient (Wildman–Crippen LogP) is 2.69. The monoisotopic (exact) mass is 219 g/mol. The molecule has 0 aromatic heterocycles. The molecule has 16 heavy (non-hydrogen) atoms. The Kier molecular flexibility index (Phi) is 3.97. The largest absolute Gasteiger partial charge is 0.380 e. The van der Waals surface area contributed by atoms with Crippen molar-refractivity contribution < 1.29 is 4.74 Å². The summed E-state index contributed by atoms with van der Waals surface area (Å²) in [7, 11) is 0. The number of hydrogen-bond acceptors (Lipinski definition) is 2. The fourth-order valence-corrected chi connectivity index (χ4v) is 2.42. The first-order valence-electron chi connectivity index (χ1n) is 6.23. The average molecular weight is 219 g/mol. The molecular formula is C14H21NO. The average Bonchev–Trinajstić information content (AvgIpc) is 2.70. The third kappa shape index (κ3) is 2.63. The van der Waals surface area contributed by atoms with Crippen molar-refractivity contribution in [2.24, 2.45) is 0 Å². The summed E-state index contributed by atoms with van der Waals surface area (Å²) in [4.78, 5) is 0. The maximum atomic E-state index is 5.43. The van der Waals surface area contributed by atoms with E-state index in [0.29, 0.717) is 12.1 Å². The van der Waals surface area contributed by atoms with Crippen molar-refractivity contribution in [2.75, 3.05) is 13.2 Å². The third-order valence-electron chi connectivity index (χ3n) is 3.19. The van der Waals surface area contributed by atoms with Gasteiger partial charge in [-0.05, 0) is 37.8 Å². The lowest BCUT2D eigenvalue weighted by atomic mass is 10.1. The predicted molar refractivity (Wildman–Crippen MR) is 66.6 cm³/mol. The Hall–Kier alpha value is -0.860. The van der Waals surface area contributed by atoms with Crippen LogP contribution in [0.1, 0.15) is 37.4 Å². The van der Waals surface area contributed by atoms with Crippen molar-refractivity contribution in [1.29, 1.82) is 0 Å². The molecule has 1 aromatic rings. The lowest BCUT2D eigenvalue weighted by molar-refractivity contribution is 0.123. The van der Waals surface area contributed by atoms with Gasteiger partial charge in [0.1, 0.15) is 0 Å². The van der Waals surface area contributed by atoms with Crippen LogP contribution in [0.3, 0.4) is 0 Å². The molecule has 0 saturated heterocycles. The molecule has 1 N–H and O–H groups in total. The van der Waals surface area contributed by atoms with Crippen LogP contribution in [-0.4, -0.2) is 19.3 Å². The minimum absolute atomic E-state index is 0.427. The Morgan fingerprint density at radius 1 is 1.44 bits per heavy atom. The van der Waals surface area contributed by atoms with Crippen LogP contribution in [0.4, 0.5) is 0 Å². The SMILES string of the molecule is CCOCC(C)NC1CCc2ccccc21. The molecule has 0 amide bonds. The molecule has 2 unspecified atom stereocenters. The minimum Gasteiger partial charge on any atom is -0.380 e. The van der Waals surface area contributed by atoms with Crippen LogP contribution in [-0.2, 0) is 11.2 Å². The van der Waals surface area contributed by atoms with Crippen LogP contribution in [0.25, 0.3) is 0 Å². The summed E-state index contributed by atoms with van der Waals surface area (Å²) in [6, 6.07) is 9.69. The van der Waals surface area contributed by atoms with Crippen molar-refractivity contribution in [2.45, 2.75) is 38.8 Å². The molecular weight excluding hydrogens is 198 g/mol. The summed E-state index contributed by atoms with van der Waals surface area (Å²) >= 11 is 0. The van der Waals surface area contributed by atoms with Gasteiger partial charge in [-0.3, -0.25) is 0 Å². The van der Waals surface area contributed by atoms with Gasteiger partial charge in [-0.2, -0.15) is 0 Å². The number of hydrogen-bond donors (Lipinski definition) is 1. The zero-order valence-electron chi connectivity index (χ0n) is 10.2. The van der Waals surface area contributed by atoms with Crippen molar-refractivity contribution in [1.82, 2.24) is 5.32 Å². The summed E-state index contributed by atoms with van der Waals surface area (Å²) < 4.78 is 5.43. The Morgan fingerprint density at radius 3 is 3.06 bits per heavy atom. The molecule has 0 spiro atoms. The first kappa shape index (κ1) is 11.6. The Bertz CT molecular complexity index is 337. The van der Waals surface area contributed by atoms with Gasteiger partial charge in [0.2, 0.25) is 0 Å². The van der Waals surface area contributed by atoms with Crippen LogP contribution in [0.5, 0.6) is 0 Å². The highest BCUT2D eigenvalue weighted by molar-refractivity contribution is 5.34. The van der Waals surface area contributed by atoms with E-state index >= 15 is 0 Å². The van der Waals surface area contributed by atoms with Crippen molar-refractivity contribution in [3.05, 3.63) is 35.4 Å². The Labute approximate surface area is 98.0 Å². The highest BCUT2D eigenvalue weighted by atomic mass is 16.5. The lowest BCUT2D eigenvalue weighted by Crippen LogP contribution is -2.33.